The normalized spacial score (nSPS) is 11.1. The monoisotopic (exact) mass is 567 g/mol. The molecule has 1 heterocycles. The van der Waals surface area contributed by atoms with Crippen LogP contribution in [-0.2, 0) is 6.61 Å². The van der Waals surface area contributed by atoms with E-state index in [1.54, 1.807) is 18.2 Å². The number of nitrogens with zero attached hydrogens (tertiary/aromatic N) is 2. The minimum atomic E-state index is -0.464. The number of thiophene rings is 1. The van der Waals surface area contributed by atoms with Crippen molar-refractivity contribution in [3.63, 3.8) is 0 Å². The van der Waals surface area contributed by atoms with Gasteiger partial charge in [-0.15, -0.1) is 11.3 Å². The predicted molar refractivity (Wildman–Crippen MR) is 144 cm³/mol. The fourth-order valence-corrected chi connectivity index (χ4v) is 5.01. The van der Waals surface area contributed by atoms with Crippen molar-refractivity contribution in [1.29, 1.82) is 0 Å². The number of amides is 1. The molecule has 1 aromatic heterocycles. The zero-order chi connectivity index (χ0) is 25.7. The highest BCUT2D eigenvalue weighted by Crippen LogP contribution is 2.37. The van der Waals surface area contributed by atoms with Crippen molar-refractivity contribution in [2.45, 2.75) is 20.5 Å². The van der Waals surface area contributed by atoms with Gasteiger partial charge >= 0.3 is 0 Å². The molecule has 0 atom stereocenters. The number of carbonyl (C=O) groups is 1. The molecule has 10 heteroatoms. The first-order valence-corrected chi connectivity index (χ1v) is 12.6. The van der Waals surface area contributed by atoms with Crippen LogP contribution in [0.5, 0.6) is 11.5 Å². The van der Waals surface area contributed by atoms with E-state index in [-0.39, 0.29) is 5.69 Å². The van der Waals surface area contributed by atoms with E-state index in [9.17, 15) is 14.9 Å². The fourth-order valence-electron chi connectivity index (χ4n) is 3.50. The Hall–Kier alpha value is -3.76. The summed E-state index contributed by atoms with van der Waals surface area (Å²) in [5.41, 5.74) is 5.38. The number of hydrogen-bond acceptors (Lipinski definition) is 7. The van der Waals surface area contributed by atoms with E-state index in [1.807, 2.05) is 38.1 Å². The summed E-state index contributed by atoms with van der Waals surface area (Å²) in [4.78, 5) is 23.5. The van der Waals surface area contributed by atoms with E-state index >= 15 is 0 Å². The second-order valence-electron chi connectivity index (χ2n) is 7.83. The summed E-state index contributed by atoms with van der Waals surface area (Å²) in [5.74, 6) is 0.731. The molecule has 4 aromatic rings. The zero-order valence-corrected chi connectivity index (χ0v) is 21.9. The highest BCUT2D eigenvalue weighted by molar-refractivity contribution is 9.10. The SMILES string of the molecule is CCOc1cc(/C=N\NC(=O)c2cc3cc([N+](=O)[O-])ccc3s2)cc(Br)c1OCc1cccc(C)c1. The molecule has 0 bridgehead atoms. The van der Waals surface area contributed by atoms with Gasteiger partial charge in [-0.3, -0.25) is 14.9 Å². The second-order valence-corrected chi connectivity index (χ2v) is 9.77. The van der Waals surface area contributed by atoms with Crippen molar-refractivity contribution in [3.05, 3.63) is 96.8 Å². The minimum absolute atomic E-state index is 0.0210. The first kappa shape index (κ1) is 25.3. The Morgan fingerprint density at radius 1 is 1.17 bits per heavy atom. The lowest BCUT2D eigenvalue weighted by atomic mass is 10.1. The van der Waals surface area contributed by atoms with Crippen LogP contribution in [-0.4, -0.2) is 23.7 Å². The molecule has 0 saturated carbocycles. The van der Waals surface area contributed by atoms with Crippen molar-refractivity contribution in [1.82, 2.24) is 5.43 Å². The molecule has 3 aromatic carbocycles. The molecular weight excluding hydrogens is 546 g/mol. The molecule has 0 aliphatic rings. The molecule has 4 rings (SSSR count). The van der Waals surface area contributed by atoms with Crippen LogP contribution in [0.1, 0.15) is 33.3 Å². The summed E-state index contributed by atoms with van der Waals surface area (Å²) < 4.78 is 13.3. The Balaban J connectivity index is 1.46. The van der Waals surface area contributed by atoms with E-state index in [0.717, 1.165) is 15.8 Å². The van der Waals surface area contributed by atoms with Crippen LogP contribution in [0, 0.1) is 17.0 Å². The molecule has 1 N–H and O–H groups in total. The smallest absolute Gasteiger partial charge is 0.281 e. The number of rotatable bonds is 9. The lowest BCUT2D eigenvalue weighted by molar-refractivity contribution is -0.384. The number of nitrogens with one attached hydrogen (secondary N) is 1. The van der Waals surface area contributed by atoms with Gasteiger partial charge in [0.15, 0.2) is 11.5 Å². The molecule has 0 aliphatic carbocycles. The third-order valence-corrected chi connectivity index (χ3v) is 6.82. The van der Waals surface area contributed by atoms with Crippen LogP contribution in [0.4, 0.5) is 5.69 Å². The predicted octanol–water partition coefficient (Wildman–Crippen LogP) is 6.62. The number of hydrazone groups is 1. The molecule has 0 saturated heterocycles. The van der Waals surface area contributed by atoms with E-state index in [0.29, 0.717) is 45.0 Å². The quantitative estimate of drug-likeness (QED) is 0.139. The van der Waals surface area contributed by atoms with Gasteiger partial charge in [-0.05, 0) is 65.2 Å². The number of non-ortho nitro benzene ring substituents is 1. The lowest BCUT2D eigenvalue weighted by Gasteiger charge is -2.15. The van der Waals surface area contributed by atoms with E-state index < -0.39 is 10.8 Å². The van der Waals surface area contributed by atoms with Crippen molar-refractivity contribution >= 4 is 55.2 Å². The summed E-state index contributed by atoms with van der Waals surface area (Å²) in [5, 5.41) is 15.7. The largest absolute Gasteiger partial charge is 0.490 e. The van der Waals surface area contributed by atoms with Gasteiger partial charge in [-0.25, -0.2) is 5.43 Å². The first-order valence-electron chi connectivity index (χ1n) is 11.0. The average Bonchev–Trinajstić information content (AvgIpc) is 3.27. The summed E-state index contributed by atoms with van der Waals surface area (Å²) in [6.45, 7) is 4.76. The molecule has 0 unspecified atom stereocenters. The second kappa shape index (κ2) is 11.3. The number of hydrogen-bond donors (Lipinski definition) is 1. The topological polar surface area (TPSA) is 103 Å². The maximum absolute atomic E-state index is 12.6. The van der Waals surface area contributed by atoms with Gasteiger partial charge in [0.05, 0.1) is 27.1 Å². The van der Waals surface area contributed by atoms with Crippen LogP contribution < -0.4 is 14.9 Å². The van der Waals surface area contributed by atoms with Crippen molar-refractivity contribution in [2.75, 3.05) is 6.61 Å². The molecule has 0 fully saturated rings. The number of carbonyl (C=O) groups excluding carboxylic acids is 1. The van der Waals surface area contributed by atoms with Crippen LogP contribution in [0.3, 0.4) is 0 Å². The molecule has 8 nitrogen and oxygen atoms in total. The number of halogens is 1. The minimum Gasteiger partial charge on any atom is -0.490 e. The maximum atomic E-state index is 12.6. The molecule has 36 heavy (non-hydrogen) atoms. The zero-order valence-electron chi connectivity index (χ0n) is 19.5. The van der Waals surface area contributed by atoms with Crippen LogP contribution in [0.2, 0.25) is 0 Å². The van der Waals surface area contributed by atoms with Crippen molar-refractivity contribution in [2.24, 2.45) is 5.10 Å². The van der Waals surface area contributed by atoms with Gasteiger partial charge < -0.3 is 9.47 Å². The summed E-state index contributed by atoms with van der Waals surface area (Å²) >= 11 is 4.79. The Morgan fingerprint density at radius 3 is 2.75 bits per heavy atom. The Kier molecular flexibility index (Phi) is 7.97. The number of aryl methyl sites for hydroxylation is 1. The van der Waals surface area contributed by atoms with E-state index in [2.05, 4.69) is 32.5 Å². The lowest BCUT2D eigenvalue weighted by Crippen LogP contribution is -2.16. The van der Waals surface area contributed by atoms with Gasteiger partial charge in [-0.2, -0.15) is 5.10 Å². The van der Waals surface area contributed by atoms with Crippen molar-refractivity contribution < 1.29 is 19.2 Å². The third-order valence-electron chi connectivity index (χ3n) is 5.11. The summed E-state index contributed by atoms with van der Waals surface area (Å²) in [7, 11) is 0. The number of ether oxygens (including phenoxy) is 2. The molecule has 0 spiro atoms. The molecular formula is C26H22BrN3O5S. The summed E-state index contributed by atoms with van der Waals surface area (Å²) in [6, 6.07) is 17.8. The van der Waals surface area contributed by atoms with Gasteiger partial charge in [0.2, 0.25) is 0 Å². The first-order chi connectivity index (χ1) is 17.3. The Labute approximate surface area is 219 Å². The Bertz CT molecular complexity index is 1470. The standard InChI is InChI=1S/C26H22BrN3O5S/c1-3-34-22-11-18(10-21(27)25(22)35-15-17-6-4-5-16(2)9-17)14-28-29-26(31)24-13-19-12-20(30(32)33)7-8-23(19)36-24/h4-14H,3,15H2,1-2H3,(H,29,31)/b28-14-. The molecule has 0 aliphatic heterocycles. The molecule has 1 amide bonds. The highest BCUT2D eigenvalue weighted by atomic mass is 79.9. The average molecular weight is 568 g/mol. The number of fused-ring (bicyclic) bond motifs is 1. The third kappa shape index (κ3) is 6.07. The van der Waals surface area contributed by atoms with Gasteiger partial charge in [0, 0.05) is 22.2 Å². The maximum Gasteiger partial charge on any atom is 0.281 e. The van der Waals surface area contributed by atoms with Crippen LogP contribution >= 0.6 is 27.3 Å². The van der Waals surface area contributed by atoms with Crippen LogP contribution in [0.25, 0.3) is 10.1 Å². The van der Waals surface area contributed by atoms with Gasteiger partial charge in [-0.1, -0.05) is 29.8 Å². The van der Waals surface area contributed by atoms with E-state index in [4.69, 9.17) is 9.47 Å². The Morgan fingerprint density at radius 2 is 2.00 bits per heavy atom. The summed E-state index contributed by atoms with van der Waals surface area (Å²) in [6.07, 6.45) is 1.51. The fraction of sp³-hybridized carbons (Fsp3) is 0.154. The van der Waals surface area contributed by atoms with Gasteiger partial charge in [0.1, 0.15) is 6.61 Å². The number of nitro groups is 1. The number of nitro benzene ring substituents is 1. The van der Waals surface area contributed by atoms with Gasteiger partial charge in [0.25, 0.3) is 11.6 Å². The van der Waals surface area contributed by atoms with E-state index in [1.165, 1.54) is 29.7 Å². The van der Waals surface area contributed by atoms with Crippen molar-refractivity contribution in [3.8, 4) is 11.5 Å². The molecule has 0 radical (unpaired) electrons. The number of benzene rings is 3. The highest BCUT2D eigenvalue weighted by Gasteiger charge is 2.14. The van der Waals surface area contributed by atoms with Crippen LogP contribution in [0.15, 0.2) is 70.2 Å². The molecule has 184 valence electrons.